The second kappa shape index (κ2) is 6.82. The molecule has 1 aliphatic rings. The van der Waals surface area contributed by atoms with E-state index in [2.05, 4.69) is 5.32 Å². The monoisotopic (exact) mass is 335 g/mol. The Balaban J connectivity index is 1.67. The van der Waals surface area contributed by atoms with Crippen LogP contribution in [-0.4, -0.2) is 24.7 Å². The number of amides is 1. The van der Waals surface area contributed by atoms with E-state index in [-0.39, 0.29) is 18.1 Å². The lowest BCUT2D eigenvalue weighted by Gasteiger charge is -2.19. The van der Waals surface area contributed by atoms with Crippen LogP contribution in [0.15, 0.2) is 36.4 Å². The predicted octanol–water partition coefficient (Wildman–Crippen LogP) is 4.37. The van der Waals surface area contributed by atoms with Gasteiger partial charge in [-0.3, -0.25) is 4.79 Å². The Morgan fingerprint density at radius 2 is 2.09 bits per heavy atom. The molecule has 3 nitrogen and oxygen atoms in total. The summed E-state index contributed by atoms with van der Waals surface area (Å²) in [6.45, 7) is 2.80. The minimum Gasteiger partial charge on any atom is -0.376 e. The molecule has 1 fully saturated rings. The van der Waals surface area contributed by atoms with Crippen LogP contribution < -0.4 is 5.32 Å². The van der Waals surface area contributed by atoms with E-state index >= 15 is 0 Å². The van der Waals surface area contributed by atoms with Gasteiger partial charge in [0, 0.05) is 16.5 Å². The van der Waals surface area contributed by atoms with Crippen molar-refractivity contribution in [3.05, 3.63) is 46.3 Å². The summed E-state index contributed by atoms with van der Waals surface area (Å²) in [5.74, 6) is -0.0341. The molecule has 116 valence electrons. The van der Waals surface area contributed by atoms with Gasteiger partial charge < -0.3 is 10.1 Å². The highest BCUT2D eigenvalue weighted by molar-refractivity contribution is 7.17. The molecule has 0 aliphatic carbocycles. The number of benzene rings is 1. The predicted molar refractivity (Wildman–Crippen MR) is 90.7 cm³/mol. The third kappa shape index (κ3) is 3.51. The third-order valence-electron chi connectivity index (χ3n) is 3.84. The SMILES string of the molecule is C[C@@H](NC(=O)c1ccc(-c2ccc(Cl)cc2)s1)[C@H]1CCCO1. The number of ether oxygens (including phenoxy) is 1. The molecule has 2 heterocycles. The maximum absolute atomic E-state index is 12.3. The van der Waals surface area contributed by atoms with Gasteiger partial charge in [0.25, 0.3) is 5.91 Å². The molecule has 1 amide bonds. The van der Waals surface area contributed by atoms with E-state index in [0.29, 0.717) is 5.02 Å². The molecule has 0 saturated carbocycles. The Bertz CT molecular complexity index is 647. The van der Waals surface area contributed by atoms with E-state index in [1.165, 1.54) is 11.3 Å². The van der Waals surface area contributed by atoms with Gasteiger partial charge in [0.2, 0.25) is 0 Å². The van der Waals surface area contributed by atoms with Crippen molar-refractivity contribution in [2.24, 2.45) is 0 Å². The van der Waals surface area contributed by atoms with Gasteiger partial charge in [-0.25, -0.2) is 0 Å². The molecule has 0 radical (unpaired) electrons. The van der Waals surface area contributed by atoms with Crippen LogP contribution in [0.4, 0.5) is 0 Å². The number of halogens is 1. The van der Waals surface area contributed by atoms with E-state index in [4.69, 9.17) is 16.3 Å². The molecule has 22 heavy (non-hydrogen) atoms. The minimum absolute atomic E-state index is 0.0341. The Hall–Kier alpha value is -1.36. The molecule has 0 bridgehead atoms. The van der Waals surface area contributed by atoms with E-state index in [9.17, 15) is 4.79 Å². The fourth-order valence-corrected chi connectivity index (χ4v) is 3.64. The standard InChI is InChI=1S/C17H18ClNO2S/c1-11(14-3-2-10-21-14)19-17(20)16-9-8-15(22-16)12-4-6-13(18)7-5-12/h4-9,11,14H,2-3,10H2,1H3,(H,19,20)/t11-,14-/m1/s1. The summed E-state index contributed by atoms with van der Waals surface area (Å²) in [5.41, 5.74) is 1.07. The number of hydrogen-bond donors (Lipinski definition) is 1. The van der Waals surface area contributed by atoms with Crippen LogP contribution in [0.5, 0.6) is 0 Å². The largest absolute Gasteiger partial charge is 0.376 e. The lowest BCUT2D eigenvalue weighted by atomic mass is 10.1. The van der Waals surface area contributed by atoms with Crippen molar-refractivity contribution in [3.63, 3.8) is 0 Å². The number of carbonyl (C=O) groups is 1. The molecule has 1 N–H and O–H groups in total. The minimum atomic E-state index is -0.0341. The quantitative estimate of drug-likeness (QED) is 0.901. The van der Waals surface area contributed by atoms with Gasteiger partial charge >= 0.3 is 0 Å². The average molecular weight is 336 g/mol. The molecule has 0 spiro atoms. The first-order valence-electron chi connectivity index (χ1n) is 7.42. The number of thiophene rings is 1. The number of carbonyl (C=O) groups excluding carboxylic acids is 1. The Morgan fingerprint density at radius 1 is 1.32 bits per heavy atom. The second-order valence-electron chi connectivity index (χ2n) is 5.48. The van der Waals surface area contributed by atoms with Gasteiger partial charge in [0.15, 0.2) is 0 Å². The Morgan fingerprint density at radius 3 is 2.77 bits per heavy atom. The van der Waals surface area contributed by atoms with E-state index in [0.717, 1.165) is 34.8 Å². The number of nitrogens with one attached hydrogen (secondary N) is 1. The molecule has 1 aliphatic heterocycles. The number of hydrogen-bond acceptors (Lipinski definition) is 3. The van der Waals surface area contributed by atoms with Crippen LogP contribution in [0.3, 0.4) is 0 Å². The van der Waals surface area contributed by atoms with Crippen LogP contribution >= 0.6 is 22.9 Å². The zero-order chi connectivity index (χ0) is 15.5. The first-order valence-corrected chi connectivity index (χ1v) is 8.61. The van der Waals surface area contributed by atoms with Crippen molar-refractivity contribution in [1.82, 2.24) is 5.32 Å². The third-order valence-corrected chi connectivity index (χ3v) is 5.22. The highest BCUT2D eigenvalue weighted by atomic mass is 35.5. The van der Waals surface area contributed by atoms with Crippen molar-refractivity contribution in [3.8, 4) is 10.4 Å². The van der Waals surface area contributed by atoms with Crippen molar-refractivity contribution in [2.75, 3.05) is 6.61 Å². The normalized spacial score (nSPS) is 19.1. The maximum Gasteiger partial charge on any atom is 0.261 e. The first kappa shape index (κ1) is 15.5. The first-order chi connectivity index (χ1) is 10.6. The van der Waals surface area contributed by atoms with Crippen molar-refractivity contribution in [2.45, 2.75) is 31.9 Å². The van der Waals surface area contributed by atoms with Gasteiger partial charge in [-0.1, -0.05) is 23.7 Å². The fraction of sp³-hybridized carbons (Fsp3) is 0.353. The van der Waals surface area contributed by atoms with Crippen LogP contribution in [-0.2, 0) is 4.74 Å². The van der Waals surface area contributed by atoms with Gasteiger partial charge in [0.05, 0.1) is 17.0 Å². The lowest BCUT2D eigenvalue weighted by Crippen LogP contribution is -2.40. The van der Waals surface area contributed by atoms with Crippen LogP contribution in [0, 0.1) is 0 Å². The topological polar surface area (TPSA) is 38.3 Å². The summed E-state index contributed by atoms with van der Waals surface area (Å²) in [5, 5.41) is 3.75. The molecular weight excluding hydrogens is 318 g/mol. The summed E-state index contributed by atoms with van der Waals surface area (Å²) in [4.78, 5) is 14.1. The molecule has 1 aromatic heterocycles. The van der Waals surface area contributed by atoms with Crippen LogP contribution in [0.1, 0.15) is 29.4 Å². The fourth-order valence-electron chi connectivity index (χ4n) is 2.60. The van der Waals surface area contributed by atoms with E-state index < -0.39 is 0 Å². The molecule has 1 saturated heterocycles. The average Bonchev–Trinajstić information content (AvgIpc) is 3.20. The Kier molecular flexibility index (Phi) is 4.81. The van der Waals surface area contributed by atoms with Crippen LogP contribution in [0.2, 0.25) is 5.02 Å². The molecule has 0 unspecified atom stereocenters. The molecule has 2 atom stereocenters. The molecule has 3 rings (SSSR count). The van der Waals surface area contributed by atoms with Crippen LogP contribution in [0.25, 0.3) is 10.4 Å². The van der Waals surface area contributed by atoms with Crippen molar-refractivity contribution < 1.29 is 9.53 Å². The van der Waals surface area contributed by atoms with Gasteiger partial charge in [-0.15, -0.1) is 11.3 Å². The molecule has 5 heteroatoms. The molecular formula is C17H18ClNO2S. The van der Waals surface area contributed by atoms with Gasteiger partial charge in [-0.05, 0) is 49.6 Å². The van der Waals surface area contributed by atoms with E-state index in [1.807, 2.05) is 43.3 Å². The highest BCUT2D eigenvalue weighted by Gasteiger charge is 2.24. The second-order valence-corrected chi connectivity index (χ2v) is 7.00. The maximum atomic E-state index is 12.3. The summed E-state index contributed by atoms with van der Waals surface area (Å²) < 4.78 is 5.61. The molecule has 1 aromatic carbocycles. The summed E-state index contributed by atoms with van der Waals surface area (Å²) >= 11 is 7.39. The Labute approximate surface area is 139 Å². The zero-order valence-corrected chi connectivity index (χ0v) is 13.9. The van der Waals surface area contributed by atoms with E-state index in [1.54, 1.807) is 0 Å². The molecule has 2 aromatic rings. The van der Waals surface area contributed by atoms with Gasteiger partial charge in [-0.2, -0.15) is 0 Å². The smallest absolute Gasteiger partial charge is 0.261 e. The van der Waals surface area contributed by atoms with Crippen molar-refractivity contribution in [1.29, 1.82) is 0 Å². The highest BCUT2D eigenvalue weighted by Crippen LogP contribution is 2.29. The van der Waals surface area contributed by atoms with Gasteiger partial charge in [0.1, 0.15) is 0 Å². The summed E-state index contributed by atoms with van der Waals surface area (Å²) in [7, 11) is 0. The lowest BCUT2D eigenvalue weighted by molar-refractivity contribution is 0.0714. The summed E-state index contributed by atoms with van der Waals surface area (Å²) in [6, 6.07) is 11.5. The summed E-state index contributed by atoms with van der Waals surface area (Å²) in [6.07, 6.45) is 2.23. The zero-order valence-electron chi connectivity index (χ0n) is 12.3. The van der Waals surface area contributed by atoms with Crippen molar-refractivity contribution >= 4 is 28.8 Å². The number of rotatable bonds is 4.